The van der Waals surface area contributed by atoms with Crippen LogP contribution in [0, 0.1) is 11.3 Å². The van der Waals surface area contributed by atoms with E-state index in [-0.39, 0.29) is 12.0 Å². The van der Waals surface area contributed by atoms with Crippen molar-refractivity contribution >= 4 is 17.1 Å². The molecule has 192 valence electrons. The molecule has 1 unspecified atom stereocenters. The highest BCUT2D eigenvalue weighted by molar-refractivity contribution is 5.93. The molecular formula is C29H28N6O3. The normalized spacial score (nSPS) is 17.3. The van der Waals surface area contributed by atoms with Crippen LogP contribution in [0.5, 0.6) is 5.75 Å². The van der Waals surface area contributed by atoms with Crippen LogP contribution < -0.4 is 4.74 Å². The van der Waals surface area contributed by atoms with Crippen molar-refractivity contribution in [1.82, 2.24) is 25.1 Å². The number of H-pyrrole nitrogens is 1. The molecule has 1 saturated heterocycles. The Morgan fingerprint density at radius 1 is 1.13 bits per heavy atom. The van der Waals surface area contributed by atoms with E-state index in [1.165, 1.54) is 12.7 Å². The molecule has 4 aromatic rings. The van der Waals surface area contributed by atoms with E-state index < -0.39 is 0 Å². The molecule has 4 heterocycles. The van der Waals surface area contributed by atoms with Crippen molar-refractivity contribution in [2.75, 3.05) is 27.3 Å². The van der Waals surface area contributed by atoms with Crippen molar-refractivity contribution in [3.63, 3.8) is 0 Å². The van der Waals surface area contributed by atoms with Crippen LogP contribution in [0.1, 0.15) is 47.9 Å². The molecule has 1 fully saturated rings. The maximum absolute atomic E-state index is 11.8. The van der Waals surface area contributed by atoms with Gasteiger partial charge < -0.3 is 14.4 Å². The number of nitrogens with one attached hydrogen (secondary N) is 1. The Kier molecular flexibility index (Phi) is 6.16. The summed E-state index contributed by atoms with van der Waals surface area (Å²) >= 11 is 0. The molecule has 9 nitrogen and oxygen atoms in total. The van der Waals surface area contributed by atoms with E-state index in [1.807, 2.05) is 36.5 Å². The van der Waals surface area contributed by atoms with Crippen LogP contribution in [0.3, 0.4) is 0 Å². The molecule has 38 heavy (non-hydrogen) atoms. The molecule has 0 saturated carbocycles. The summed E-state index contributed by atoms with van der Waals surface area (Å²) in [6.45, 7) is 1.33. The SMILES string of the molecule is COC(=O)N1CCC(c2ccc(-c3n[nH]c4cc(OC)c(-c5cccc6c5CCC6C#N)nc34)cn2)CC1. The molecule has 0 radical (unpaired) electrons. The Bertz CT molecular complexity index is 1550. The van der Waals surface area contributed by atoms with E-state index in [0.717, 1.165) is 70.5 Å². The maximum Gasteiger partial charge on any atom is 0.409 e. The van der Waals surface area contributed by atoms with Crippen molar-refractivity contribution in [1.29, 1.82) is 5.26 Å². The molecule has 1 aliphatic carbocycles. The minimum atomic E-state index is -0.272. The minimum Gasteiger partial charge on any atom is -0.494 e. The van der Waals surface area contributed by atoms with Crippen LogP contribution >= 0.6 is 0 Å². The van der Waals surface area contributed by atoms with Gasteiger partial charge in [0.2, 0.25) is 0 Å². The zero-order valence-electron chi connectivity index (χ0n) is 21.4. The molecular weight excluding hydrogens is 480 g/mol. The molecule has 1 amide bonds. The second-order valence-corrected chi connectivity index (χ2v) is 9.80. The zero-order chi connectivity index (χ0) is 26.2. The topological polar surface area (TPSA) is 117 Å². The highest BCUT2D eigenvalue weighted by atomic mass is 16.5. The molecule has 2 aliphatic rings. The summed E-state index contributed by atoms with van der Waals surface area (Å²) < 4.78 is 10.6. The van der Waals surface area contributed by atoms with Crippen molar-refractivity contribution in [2.45, 2.75) is 37.5 Å². The third kappa shape index (κ3) is 4.02. The monoisotopic (exact) mass is 508 g/mol. The van der Waals surface area contributed by atoms with Crippen LogP contribution in [-0.2, 0) is 11.2 Å². The van der Waals surface area contributed by atoms with E-state index in [9.17, 15) is 10.1 Å². The second kappa shape index (κ2) is 9.78. The summed E-state index contributed by atoms with van der Waals surface area (Å²) in [6.07, 6.45) is 4.95. The maximum atomic E-state index is 11.8. The smallest absolute Gasteiger partial charge is 0.409 e. The lowest BCUT2D eigenvalue weighted by molar-refractivity contribution is 0.112. The van der Waals surface area contributed by atoms with Gasteiger partial charge in [0.15, 0.2) is 0 Å². The van der Waals surface area contributed by atoms with Gasteiger partial charge in [0.1, 0.15) is 22.7 Å². The summed E-state index contributed by atoms with van der Waals surface area (Å²) in [5.74, 6) is 0.877. The van der Waals surface area contributed by atoms with E-state index in [4.69, 9.17) is 19.4 Å². The average Bonchev–Trinajstić information content (AvgIpc) is 3.60. The Morgan fingerprint density at radius 3 is 2.68 bits per heavy atom. The number of amides is 1. The highest BCUT2D eigenvalue weighted by Gasteiger charge is 2.28. The zero-order valence-corrected chi connectivity index (χ0v) is 21.4. The molecule has 6 rings (SSSR count). The quantitative estimate of drug-likeness (QED) is 0.403. The average molecular weight is 509 g/mol. The number of aromatic amines is 1. The number of nitriles is 1. The van der Waals surface area contributed by atoms with Gasteiger partial charge in [-0.3, -0.25) is 10.1 Å². The summed E-state index contributed by atoms with van der Waals surface area (Å²) in [4.78, 5) is 23.3. The number of benzene rings is 1. The van der Waals surface area contributed by atoms with Gasteiger partial charge in [-0.2, -0.15) is 10.4 Å². The van der Waals surface area contributed by atoms with E-state index in [0.29, 0.717) is 24.8 Å². The Hall–Kier alpha value is -4.45. The first-order valence-electron chi connectivity index (χ1n) is 12.8. The first-order chi connectivity index (χ1) is 18.6. The number of nitrogens with zero attached hydrogens (tertiary/aromatic N) is 5. The summed E-state index contributed by atoms with van der Waals surface area (Å²) in [7, 11) is 3.06. The number of hydrogen-bond acceptors (Lipinski definition) is 7. The van der Waals surface area contributed by atoms with Crippen molar-refractivity contribution in [3.05, 3.63) is 59.4 Å². The Morgan fingerprint density at radius 2 is 1.97 bits per heavy atom. The molecule has 1 atom stereocenters. The number of carbonyl (C=O) groups excluding carboxylic acids is 1. The van der Waals surface area contributed by atoms with Crippen LogP contribution in [0.25, 0.3) is 33.5 Å². The number of methoxy groups -OCH3 is 2. The fourth-order valence-corrected chi connectivity index (χ4v) is 5.76. The third-order valence-corrected chi connectivity index (χ3v) is 7.81. The number of likely N-dealkylation sites (tertiary alicyclic amines) is 1. The largest absolute Gasteiger partial charge is 0.494 e. The molecule has 1 aliphatic heterocycles. The molecule has 0 spiro atoms. The standard InChI is InChI=1S/C29H28N6O3/c1-37-25-14-24-28(32-27(25)22-5-3-4-20-18(15-30)6-8-21(20)22)26(34-33-24)19-7-9-23(31-16-19)17-10-12-35(13-11-17)29(36)38-2/h3-5,7,9,14,16-18H,6,8,10-13H2,1-2H3,(H,33,34). The van der Waals surface area contributed by atoms with Gasteiger partial charge >= 0.3 is 6.09 Å². The first kappa shape index (κ1) is 23.9. The second-order valence-electron chi connectivity index (χ2n) is 9.80. The van der Waals surface area contributed by atoms with E-state index >= 15 is 0 Å². The van der Waals surface area contributed by atoms with Gasteiger partial charge in [0.05, 0.1) is 31.7 Å². The first-order valence-corrected chi connectivity index (χ1v) is 12.8. The lowest BCUT2D eigenvalue weighted by Gasteiger charge is -2.30. The Balaban J connectivity index is 1.32. The number of rotatable bonds is 4. The summed E-state index contributed by atoms with van der Waals surface area (Å²) in [6, 6.07) is 14.5. The number of fused-ring (bicyclic) bond motifs is 2. The van der Waals surface area contributed by atoms with Gasteiger partial charge in [0.25, 0.3) is 0 Å². The lowest BCUT2D eigenvalue weighted by Crippen LogP contribution is -2.37. The van der Waals surface area contributed by atoms with E-state index in [1.54, 1.807) is 12.0 Å². The van der Waals surface area contributed by atoms with Crippen molar-refractivity contribution in [2.24, 2.45) is 0 Å². The van der Waals surface area contributed by atoms with E-state index in [2.05, 4.69) is 22.3 Å². The number of pyridine rings is 2. The molecule has 0 bridgehead atoms. The molecule has 9 heteroatoms. The van der Waals surface area contributed by atoms with Crippen molar-refractivity contribution < 1.29 is 14.3 Å². The summed E-state index contributed by atoms with van der Waals surface area (Å²) in [5.41, 5.74) is 8.14. The Labute approximate surface area is 220 Å². The number of aromatic nitrogens is 4. The van der Waals surface area contributed by atoms with Gasteiger partial charge in [0, 0.05) is 48.1 Å². The number of carbonyl (C=O) groups is 1. The summed E-state index contributed by atoms with van der Waals surface area (Å²) in [5, 5.41) is 17.2. The third-order valence-electron chi connectivity index (χ3n) is 7.81. The fraction of sp³-hybridized carbons (Fsp3) is 0.345. The van der Waals surface area contributed by atoms with Crippen LogP contribution in [-0.4, -0.2) is 58.5 Å². The van der Waals surface area contributed by atoms with Crippen LogP contribution in [0.15, 0.2) is 42.6 Å². The minimum absolute atomic E-state index is 0.0820. The molecule has 1 N–H and O–H groups in total. The number of ether oxygens (including phenoxy) is 2. The predicted molar refractivity (Wildman–Crippen MR) is 142 cm³/mol. The predicted octanol–water partition coefficient (Wildman–Crippen LogP) is 5.19. The highest BCUT2D eigenvalue weighted by Crippen LogP contribution is 2.42. The van der Waals surface area contributed by atoms with Gasteiger partial charge in [-0.1, -0.05) is 18.2 Å². The van der Waals surface area contributed by atoms with Gasteiger partial charge in [-0.15, -0.1) is 0 Å². The number of piperidine rings is 1. The lowest BCUT2D eigenvalue weighted by atomic mass is 9.93. The molecule has 1 aromatic carbocycles. The molecule has 3 aromatic heterocycles. The van der Waals surface area contributed by atoms with Crippen LogP contribution in [0.2, 0.25) is 0 Å². The fourth-order valence-electron chi connectivity index (χ4n) is 5.76. The van der Waals surface area contributed by atoms with Gasteiger partial charge in [-0.05, 0) is 48.9 Å². The van der Waals surface area contributed by atoms with Gasteiger partial charge in [-0.25, -0.2) is 9.78 Å². The number of hydrogen-bond donors (Lipinski definition) is 1. The van der Waals surface area contributed by atoms with Crippen molar-refractivity contribution in [3.8, 4) is 34.3 Å². The van der Waals surface area contributed by atoms with Crippen LogP contribution in [0.4, 0.5) is 4.79 Å².